The standard InChI is InChI=1S/C17H20N4O4/c1-11-12(4-3-7-18-11)15(23)20-9-6-17(2,25)13(10-20)21-8-5-14(22)19-16(21)24/h3-5,7-8,13,25H,6,9-10H2,1-2H3,(H,19,22,24)/t13-,17-/m1/s1. The van der Waals surface area contributed by atoms with Crippen molar-refractivity contribution in [1.82, 2.24) is 19.4 Å². The molecule has 1 aliphatic rings. The van der Waals surface area contributed by atoms with E-state index in [2.05, 4.69) is 9.97 Å². The van der Waals surface area contributed by atoms with Gasteiger partial charge in [0, 0.05) is 37.2 Å². The van der Waals surface area contributed by atoms with E-state index in [1.807, 2.05) is 0 Å². The predicted octanol–water partition coefficient (Wildman–Crippen LogP) is 0.0782. The molecule has 0 aliphatic carbocycles. The van der Waals surface area contributed by atoms with E-state index in [0.717, 1.165) is 0 Å². The molecule has 3 heterocycles. The average molecular weight is 344 g/mol. The molecule has 2 aromatic heterocycles. The van der Waals surface area contributed by atoms with E-state index in [1.165, 1.54) is 16.8 Å². The van der Waals surface area contributed by atoms with Crippen LogP contribution in [0.4, 0.5) is 0 Å². The van der Waals surface area contributed by atoms with Gasteiger partial charge in [-0.15, -0.1) is 0 Å². The molecule has 2 N–H and O–H groups in total. The van der Waals surface area contributed by atoms with Crippen LogP contribution in [0.1, 0.15) is 35.4 Å². The number of amides is 1. The van der Waals surface area contributed by atoms with Gasteiger partial charge in [0.15, 0.2) is 0 Å². The molecule has 1 fully saturated rings. The number of H-pyrrole nitrogens is 1. The Bertz CT molecular complexity index is 915. The van der Waals surface area contributed by atoms with Gasteiger partial charge in [-0.05, 0) is 32.4 Å². The normalized spacial score (nSPS) is 23.5. The summed E-state index contributed by atoms with van der Waals surface area (Å²) in [7, 11) is 0. The minimum absolute atomic E-state index is 0.159. The third kappa shape index (κ3) is 3.25. The number of aryl methyl sites for hydroxylation is 1. The molecule has 2 aromatic rings. The number of hydrogen-bond donors (Lipinski definition) is 2. The summed E-state index contributed by atoms with van der Waals surface area (Å²) in [5.41, 5.74) is -1.16. The van der Waals surface area contributed by atoms with Gasteiger partial charge in [-0.3, -0.25) is 24.1 Å². The van der Waals surface area contributed by atoms with E-state index >= 15 is 0 Å². The topological polar surface area (TPSA) is 108 Å². The van der Waals surface area contributed by atoms with Gasteiger partial charge in [0.05, 0.1) is 17.2 Å². The van der Waals surface area contributed by atoms with Gasteiger partial charge in [-0.2, -0.15) is 0 Å². The van der Waals surface area contributed by atoms with E-state index < -0.39 is 22.9 Å². The van der Waals surface area contributed by atoms with Crippen molar-refractivity contribution in [3.05, 3.63) is 62.7 Å². The Kier molecular flexibility index (Phi) is 4.30. The molecule has 2 atom stereocenters. The van der Waals surface area contributed by atoms with Crippen molar-refractivity contribution in [2.75, 3.05) is 13.1 Å². The average Bonchev–Trinajstić information content (AvgIpc) is 2.55. The van der Waals surface area contributed by atoms with Gasteiger partial charge >= 0.3 is 5.69 Å². The van der Waals surface area contributed by atoms with E-state index in [9.17, 15) is 19.5 Å². The molecule has 1 amide bonds. The number of aromatic amines is 1. The number of nitrogens with one attached hydrogen (secondary N) is 1. The second-order valence-corrected chi connectivity index (χ2v) is 6.53. The van der Waals surface area contributed by atoms with Crippen LogP contribution < -0.4 is 11.2 Å². The molecular weight excluding hydrogens is 324 g/mol. The molecule has 0 saturated carbocycles. The predicted molar refractivity (Wildman–Crippen MR) is 90.5 cm³/mol. The number of carbonyl (C=O) groups excluding carboxylic acids is 1. The Balaban J connectivity index is 1.94. The molecule has 25 heavy (non-hydrogen) atoms. The maximum absolute atomic E-state index is 12.8. The number of nitrogens with zero attached hydrogens (tertiary/aromatic N) is 3. The van der Waals surface area contributed by atoms with Crippen molar-refractivity contribution in [2.24, 2.45) is 0 Å². The summed E-state index contributed by atoms with van der Waals surface area (Å²) in [6, 6.07) is 3.97. The second-order valence-electron chi connectivity index (χ2n) is 6.53. The SMILES string of the molecule is Cc1ncccc1C(=O)N1CC[C@@](C)(O)[C@H](n2ccc(=O)[nH]c2=O)C1. The lowest BCUT2D eigenvalue weighted by Crippen LogP contribution is -2.55. The number of likely N-dealkylation sites (tertiary alicyclic amines) is 1. The molecule has 1 saturated heterocycles. The Morgan fingerprint density at radius 1 is 1.40 bits per heavy atom. The van der Waals surface area contributed by atoms with E-state index in [4.69, 9.17) is 0 Å². The zero-order valence-corrected chi connectivity index (χ0v) is 14.1. The van der Waals surface area contributed by atoms with Crippen molar-refractivity contribution in [3.63, 3.8) is 0 Å². The summed E-state index contributed by atoms with van der Waals surface area (Å²) in [6.45, 7) is 3.92. The van der Waals surface area contributed by atoms with E-state index in [-0.39, 0.29) is 12.5 Å². The van der Waals surface area contributed by atoms with Crippen LogP contribution in [-0.2, 0) is 0 Å². The quantitative estimate of drug-likeness (QED) is 0.802. The van der Waals surface area contributed by atoms with Gasteiger partial charge in [-0.25, -0.2) is 4.79 Å². The van der Waals surface area contributed by atoms with Gasteiger partial charge in [0.2, 0.25) is 0 Å². The summed E-state index contributed by atoms with van der Waals surface area (Å²) >= 11 is 0. The number of rotatable bonds is 2. The largest absolute Gasteiger partial charge is 0.388 e. The number of aromatic nitrogens is 3. The molecule has 8 nitrogen and oxygen atoms in total. The summed E-state index contributed by atoms with van der Waals surface area (Å²) < 4.78 is 1.27. The maximum Gasteiger partial charge on any atom is 0.328 e. The Labute approximate surface area is 143 Å². The molecule has 1 aliphatic heterocycles. The molecule has 0 aromatic carbocycles. The second kappa shape index (κ2) is 6.29. The smallest absolute Gasteiger partial charge is 0.328 e. The van der Waals surface area contributed by atoms with Gasteiger partial charge in [0.25, 0.3) is 11.5 Å². The van der Waals surface area contributed by atoms with Crippen molar-refractivity contribution >= 4 is 5.91 Å². The van der Waals surface area contributed by atoms with Gasteiger partial charge < -0.3 is 10.0 Å². The highest BCUT2D eigenvalue weighted by atomic mass is 16.3. The van der Waals surface area contributed by atoms with Crippen molar-refractivity contribution in [2.45, 2.75) is 31.9 Å². The summed E-state index contributed by atoms with van der Waals surface area (Å²) in [5, 5.41) is 10.7. The fourth-order valence-corrected chi connectivity index (χ4v) is 3.15. The maximum atomic E-state index is 12.8. The first-order chi connectivity index (χ1) is 11.8. The van der Waals surface area contributed by atoms with Crippen LogP contribution in [0.3, 0.4) is 0 Å². The number of aliphatic hydroxyl groups is 1. The van der Waals surface area contributed by atoms with Crippen LogP contribution in [0, 0.1) is 6.92 Å². The zero-order valence-electron chi connectivity index (χ0n) is 14.1. The first kappa shape index (κ1) is 17.1. The van der Waals surface area contributed by atoms with Crippen molar-refractivity contribution < 1.29 is 9.90 Å². The summed E-state index contributed by atoms with van der Waals surface area (Å²) in [6.07, 6.45) is 3.29. The van der Waals surface area contributed by atoms with Crippen LogP contribution in [0.2, 0.25) is 0 Å². The molecule has 0 spiro atoms. The fraction of sp³-hybridized carbons (Fsp3) is 0.412. The number of piperidine rings is 1. The first-order valence-corrected chi connectivity index (χ1v) is 8.04. The van der Waals surface area contributed by atoms with Crippen LogP contribution in [-0.4, -0.2) is 49.1 Å². The van der Waals surface area contributed by atoms with Crippen LogP contribution in [0.25, 0.3) is 0 Å². The monoisotopic (exact) mass is 344 g/mol. The van der Waals surface area contributed by atoms with E-state index in [0.29, 0.717) is 24.2 Å². The lowest BCUT2D eigenvalue weighted by molar-refractivity contribution is -0.0459. The molecule has 8 heteroatoms. The summed E-state index contributed by atoms with van der Waals surface area (Å²) in [4.78, 5) is 44.1. The number of hydrogen-bond acceptors (Lipinski definition) is 5. The Morgan fingerprint density at radius 3 is 2.84 bits per heavy atom. The fourth-order valence-electron chi connectivity index (χ4n) is 3.15. The molecule has 0 bridgehead atoms. The minimum Gasteiger partial charge on any atom is -0.388 e. The van der Waals surface area contributed by atoms with E-state index in [1.54, 1.807) is 37.1 Å². The number of pyridine rings is 1. The molecular formula is C17H20N4O4. The Morgan fingerprint density at radius 2 is 2.16 bits per heavy atom. The Hall–Kier alpha value is -2.74. The molecule has 132 valence electrons. The van der Waals surface area contributed by atoms with Crippen molar-refractivity contribution in [1.29, 1.82) is 0 Å². The third-order valence-electron chi connectivity index (χ3n) is 4.71. The van der Waals surface area contributed by atoms with Crippen LogP contribution in [0.15, 0.2) is 40.2 Å². The third-order valence-corrected chi connectivity index (χ3v) is 4.71. The van der Waals surface area contributed by atoms with Crippen LogP contribution >= 0.6 is 0 Å². The first-order valence-electron chi connectivity index (χ1n) is 8.04. The molecule has 3 rings (SSSR count). The highest BCUT2D eigenvalue weighted by Gasteiger charge is 2.41. The zero-order chi connectivity index (χ0) is 18.2. The highest BCUT2D eigenvalue weighted by molar-refractivity contribution is 5.95. The molecule has 0 unspecified atom stereocenters. The van der Waals surface area contributed by atoms with Gasteiger partial charge in [-0.1, -0.05) is 0 Å². The van der Waals surface area contributed by atoms with Gasteiger partial charge in [0.1, 0.15) is 0 Å². The lowest BCUT2D eigenvalue weighted by Gasteiger charge is -2.43. The summed E-state index contributed by atoms with van der Waals surface area (Å²) in [5.74, 6) is -0.191. The lowest BCUT2D eigenvalue weighted by atomic mass is 9.87. The molecule has 0 radical (unpaired) electrons. The minimum atomic E-state index is -1.18. The highest BCUT2D eigenvalue weighted by Crippen LogP contribution is 2.31. The van der Waals surface area contributed by atoms with Crippen LogP contribution in [0.5, 0.6) is 0 Å². The van der Waals surface area contributed by atoms with Crippen molar-refractivity contribution in [3.8, 4) is 0 Å². The number of carbonyl (C=O) groups is 1.